The zero-order valence-corrected chi connectivity index (χ0v) is 12.8. The highest BCUT2D eigenvalue weighted by Crippen LogP contribution is 2.18. The standard InChI is InChI=1S/C12H24N4O2S/c1-10-12(11(2)16(3)15-10)19(17,18)14-9-7-5-4-6-8-13/h14H,4-9,13H2,1-3H3. The van der Waals surface area contributed by atoms with Crippen LogP contribution in [0.1, 0.15) is 37.1 Å². The molecule has 7 heteroatoms. The second kappa shape index (κ2) is 7.02. The highest BCUT2D eigenvalue weighted by molar-refractivity contribution is 7.89. The third-order valence-corrected chi connectivity index (χ3v) is 4.85. The molecule has 0 fully saturated rings. The minimum Gasteiger partial charge on any atom is -0.330 e. The van der Waals surface area contributed by atoms with E-state index in [2.05, 4.69) is 9.82 Å². The lowest BCUT2D eigenvalue weighted by atomic mass is 10.2. The van der Waals surface area contributed by atoms with Crippen molar-refractivity contribution in [2.24, 2.45) is 12.8 Å². The summed E-state index contributed by atoms with van der Waals surface area (Å²) in [6, 6.07) is 0. The summed E-state index contributed by atoms with van der Waals surface area (Å²) in [5, 5.41) is 4.13. The number of aromatic nitrogens is 2. The van der Waals surface area contributed by atoms with E-state index in [1.54, 1.807) is 25.6 Å². The van der Waals surface area contributed by atoms with Gasteiger partial charge in [-0.3, -0.25) is 4.68 Å². The van der Waals surface area contributed by atoms with Gasteiger partial charge in [-0.15, -0.1) is 0 Å². The fraction of sp³-hybridized carbons (Fsp3) is 0.750. The Morgan fingerprint density at radius 2 is 1.84 bits per heavy atom. The van der Waals surface area contributed by atoms with Gasteiger partial charge in [0.2, 0.25) is 10.0 Å². The molecule has 0 atom stereocenters. The van der Waals surface area contributed by atoms with Crippen molar-refractivity contribution in [2.45, 2.75) is 44.4 Å². The van der Waals surface area contributed by atoms with Crippen LogP contribution in [0.15, 0.2) is 4.90 Å². The fourth-order valence-corrected chi connectivity index (χ4v) is 3.55. The topological polar surface area (TPSA) is 90.0 Å². The predicted octanol–water partition coefficient (Wildman–Crippen LogP) is 0.834. The Kier molecular flexibility index (Phi) is 5.96. The van der Waals surface area contributed by atoms with E-state index in [0.717, 1.165) is 25.7 Å². The van der Waals surface area contributed by atoms with Crippen molar-refractivity contribution < 1.29 is 8.42 Å². The number of sulfonamides is 1. The summed E-state index contributed by atoms with van der Waals surface area (Å²) >= 11 is 0. The van der Waals surface area contributed by atoms with Crippen LogP contribution in [-0.2, 0) is 17.1 Å². The molecule has 0 unspecified atom stereocenters. The lowest BCUT2D eigenvalue weighted by molar-refractivity contribution is 0.571. The van der Waals surface area contributed by atoms with Crippen molar-refractivity contribution in [3.8, 4) is 0 Å². The number of hydrogen-bond donors (Lipinski definition) is 2. The average Bonchev–Trinajstić information content (AvgIpc) is 2.58. The lowest BCUT2D eigenvalue weighted by Gasteiger charge is -2.07. The number of nitrogens with two attached hydrogens (primary N) is 1. The summed E-state index contributed by atoms with van der Waals surface area (Å²) in [6.45, 7) is 4.62. The van der Waals surface area contributed by atoms with Gasteiger partial charge in [-0.25, -0.2) is 13.1 Å². The maximum atomic E-state index is 12.2. The lowest BCUT2D eigenvalue weighted by Crippen LogP contribution is -2.25. The van der Waals surface area contributed by atoms with Gasteiger partial charge in [-0.2, -0.15) is 5.10 Å². The van der Waals surface area contributed by atoms with Gasteiger partial charge >= 0.3 is 0 Å². The molecule has 0 aromatic carbocycles. The number of hydrogen-bond acceptors (Lipinski definition) is 4. The van der Waals surface area contributed by atoms with E-state index in [1.165, 1.54) is 0 Å². The van der Waals surface area contributed by atoms with Crippen LogP contribution in [0.5, 0.6) is 0 Å². The van der Waals surface area contributed by atoms with Crippen molar-refractivity contribution in [3.63, 3.8) is 0 Å². The van der Waals surface area contributed by atoms with Gasteiger partial charge in [0.05, 0.1) is 11.4 Å². The first kappa shape index (κ1) is 16.1. The van der Waals surface area contributed by atoms with Crippen LogP contribution in [0, 0.1) is 13.8 Å². The van der Waals surface area contributed by atoms with Gasteiger partial charge in [-0.1, -0.05) is 12.8 Å². The zero-order valence-electron chi connectivity index (χ0n) is 11.9. The number of rotatable bonds is 8. The largest absolute Gasteiger partial charge is 0.330 e. The van der Waals surface area contributed by atoms with Crippen LogP contribution in [0.3, 0.4) is 0 Å². The summed E-state index contributed by atoms with van der Waals surface area (Å²) < 4.78 is 28.6. The van der Waals surface area contributed by atoms with Crippen molar-refractivity contribution in [3.05, 3.63) is 11.4 Å². The fourth-order valence-electron chi connectivity index (χ4n) is 2.04. The Labute approximate surface area is 115 Å². The average molecular weight is 288 g/mol. The van der Waals surface area contributed by atoms with Gasteiger partial charge in [0.25, 0.3) is 0 Å². The Balaban J connectivity index is 2.57. The molecule has 0 saturated heterocycles. The maximum Gasteiger partial charge on any atom is 0.244 e. The van der Waals surface area contributed by atoms with Crippen LogP contribution in [0.25, 0.3) is 0 Å². The van der Waals surface area contributed by atoms with E-state index in [0.29, 0.717) is 29.4 Å². The van der Waals surface area contributed by atoms with Gasteiger partial charge in [0.1, 0.15) is 4.90 Å². The molecule has 1 aromatic heterocycles. The third-order valence-electron chi connectivity index (χ3n) is 3.13. The van der Waals surface area contributed by atoms with E-state index in [9.17, 15) is 8.42 Å². The molecule has 0 spiro atoms. The second-order valence-corrected chi connectivity index (χ2v) is 6.43. The Hall–Kier alpha value is -0.920. The predicted molar refractivity (Wildman–Crippen MR) is 75.4 cm³/mol. The molecule has 0 saturated carbocycles. The highest BCUT2D eigenvalue weighted by Gasteiger charge is 2.22. The minimum absolute atomic E-state index is 0.303. The van der Waals surface area contributed by atoms with Crippen LogP contribution in [0.2, 0.25) is 0 Å². The van der Waals surface area contributed by atoms with E-state index < -0.39 is 10.0 Å². The first-order valence-corrected chi connectivity index (χ1v) is 8.08. The van der Waals surface area contributed by atoms with Crippen LogP contribution in [0.4, 0.5) is 0 Å². The van der Waals surface area contributed by atoms with Crippen LogP contribution >= 0.6 is 0 Å². The molecule has 3 N–H and O–H groups in total. The van der Waals surface area contributed by atoms with Crippen molar-refractivity contribution in [1.82, 2.24) is 14.5 Å². The molecule has 0 aliphatic heterocycles. The number of unbranched alkanes of at least 4 members (excludes halogenated alkanes) is 3. The van der Waals surface area contributed by atoms with Crippen molar-refractivity contribution >= 4 is 10.0 Å². The molecule has 0 amide bonds. The normalized spacial score (nSPS) is 12.0. The quantitative estimate of drug-likeness (QED) is 0.693. The Bertz CT molecular complexity index is 508. The summed E-state index contributed by atoms with van der Waals surface area (Å²) in [5.74, 6) is 0. The van der Waals surface area contributed by atoms with E-state index in [4.69, 9.17) is 5.73 Å². The molecule has 6 nitrogen and oxygen atoms in total. The van der Waals surface area contributed by atoms with E-state index >= 15 is 0 Å². The number of aryl methyl sites for hydroxylation is 2. The summed E-state index contributed by atoms with van der Waals surface area (Å²) in [4.78, 5) is 0.303. The van der Waals surface area contributed by atoms with Crippen LogP contribution in [-0.4, -0.2) is 31.3 Å². The molecule has 0 aliphatic rings. The van der Waals surface area contributed by atoms with Gasteiger partial charge in [-0.05, 0) is 33.2 Å². The van der Waals surface area contributed by atoms with Gasteiger partial charge in [0, 0.05) is 13.6 Å². The molecular weight excluding hydrogens is 264 g/mol. The first-order chi connectivity index (χ1) is 8.90. The van der Waals surface area contributed by atoms with E-state index in [1.807, 2.05) is 0 Å². The highest BCUT2D eigenvalue weighted by atomic mass is 32.2. The smallest absolute Gasteiger partial charge is 0.244 e. The molecule has 110 valence electrons. The summed E-state index contributed by atoms with van der Waals surface area (Å²) in [6.07, 6.45) is 3.86. The first-order valence-electron chi connectivity index (χ1n) is 6.60. The zero-order chi connectivity index (χ0) is 14.5. The number of nitrogens with one attached hydrogen (secondary N) is 1. The second-order valence-electron chi connectivity index (χ2n) is 4.72. The van der Waals surface area contributed by atoms with E-state index in [-0.39, 0.29) is 0 Å². The number of nitrogens with zero attached hydrogens (tertiary/aromatic N) is 2. The molecule has 19 heavy (non-hydrogen) atoms. The SMILES string of the molecule is Cc1nn(C)c(C)c1S(=O)(=O)NCCCCCCN. The molecule has 1 heterocycles. The molecular formula is C12H24N4O2S. The Morgan fingerprint density at radius 1 is 1.21 bits per heavy atom. The van der Waals surface area contributed by atoms with Crippen LogP contribution < -0.4 is 10.5 Å². The third kappa shape index (κ3) is 4.29. The molecule has 0 bridgehead atoms. The van der Waals surface area contributed by atoms with Crippen molar-refractivity contribution in [1.29, 1.82) is 0 Å². The monoisotopic (exact) mass is 288 g/mol. The summed E-state index contributed by atoms with van der Waals surface area (Å²) in [5.41, 5.74) is 6.60. The molecule has 0 radical (unpaired) electrons. The van der Waals surface area contributed by atoms with Gasteiger partial charge in [0.15, 0.2) is 0 Å². The Morgan fingerprint density at radius 3 is 2.37 bits per heavy atom. The molecule has 1 rings (SSSR count). The minimum atomic E-state index is -3.45. The van der Waals surface area contributed by atoms with Gasteiger partial charge < -0.3 is 5.73 Å². The maximum absolute atomic E-state index is 12.2. The molecule has 0 aliphatic carbocycles. The molecule has 1 aromatic rings. The van der Waals surface area contributed by atoms with Crippen molar-refractivity contribution in [2.75, 3.05) is 13.1 Å². The summed E-state index contributed by atoms with van der Waals surface area (Å²) in [7, 11) is -1.71.